The molecule has 1 aliphatic rings. The number of methoxy groups -OCH3 is 1. The van der Waals surface area contributed by atoms with Crippen molar-refractivity contribution in [2.45, 2.75) is 25.4 Å². The van der Waals surface area contributed by atoms with Gasteiger partial charge in [0.15, 0.2) is 0 Å². The van der Waals surface area contributed by atoms with Gasteiger partial charge in [0.25, 0.3) is 0 Å². The molecule has 6 heteroatoms. The van der Waals surface area contributed by atoms with Crippen LogP contribution < -0.4 is 5.46 Å². The second-order valence-corrected chi connectivity index (χ2v) is 4.96. The van der Waals surface area contributed by atoms with Crippen molar-refractivity contribution in [3.8, 4) is 0 Å². The number of nitrogens with zero attached hydrogens (tertiary/aromatic N) is 1. The highest BCUT2D eigenvalue weighted by molar-refractivity contribution is 6.58. The highest BCUT2D eigenvalue weighted by atomic mass is 19.1. The Morgan fingerprint density at radius 3 is 2.68 bits per heavy atom. The fourth-order valence-corrected chi connectivity index (χ4v) is 2.19. The quantitative estimate of drug-likeness (QED) is 0.689. The lowest BCUT2D eigenvalue weighted by molar-refractivity contribution is 0.139. The van der Waals surface area contributed by atoms with Crippen molar-refractivity contribution < 1.29 is 19.2 Å². The molecule has 0 radical (unpaired) electrons. The zero-order valence-electron chi connectivity index (χ0n) is 11.1. The Morgan fingerprint density at radius 1 is 1.37 bits per heavy atom. The minimum Gasteiger partial charge on any atom is -0.423 e. The third kappa shape index (κ3) is 4.28. The van der Waals surface area contributed by atoms with Crippen LogP contribution >= 0.6 is 0 Å². The van der Waals surface area contributed by atoms with E-state index in [1.165, 1.54) is 6.07 Å². The van der Waals surface area contributed by atoms with E-state index in [2.05, 4.69) is 4.90 Å². The first-order chi connectivity index (χ1) is 9.10. The number of ether oxygens (including phenoxy) is 1. The summed E-state index contributed by atoms with van der Waals surface area (Å²) in [5.74, 6) is -0.442. The summed E-state index contributed by atoms with van der Waals surface area (Å²) in [5.41, 5.74) is 0.948. The van der Waals surface area contributed by atoms with Gasteiger partial charge in [0.05, 0.1) is 6.61 Å². The van der Waals surface area contributed by atoms with Gasteiger partial charge in [-0.15, -0.1) is 0 Å². The Hall–Kier alpha value is -0.945. The highest BCUT2D eigenvalue weighted by Gasteiger charge is 2.28. The van der Waals surface area contributed by atoms with Gasteiger partial charge in [0.2, 0.25) is 0 Å². The van der Waals surface area contributed by atoms with Crippen LogP contribution in [0.1, 0.15) is 18.4 Å². The monoisotopic (exact) mass is 267 g/mol. The van der Waals surface area contributed by atoms with Crippen molar-refractivity contribution in [1.29, 1.82) is 0 Å². The molecule has 1 aromatic rings. The van der Waals surface area contributed by atoms with Crippen LogP contribution in [-0.2, 0) is 11.3 Å². The van der Waals surface area contributed by atoms with Crippen molar-refractivity contribution in [3.63, 3.8) is 0 Å². The molecule has 0 saturated heterocycles. The van der Waals surface area contributed by atoms with Gasteiger partial charge in [-0.1, -0.05) is 6.07 Å². The van der Waals surface area contributed by atoms with E-state index in [-0.39, 0.29) is 5.46 Å². The highest BCUT2D eigenvalue weighted by Crippen LogP contribution is 2.28. The van der Waals surface area contributed by atoms with E-state index in [4.69, 9.17) is 14.8 Å². The molecular weight excluding hydrogens is 248 g/mol. The molecule has 1 aliphatic carbocycles. The number of benzene rings is 1. The third-order valence-corrected chi connectivity index (χ3v) is 3.31. The molecular formula is C13H19BFNO3. The predicted molar refractivity (Wildman–Crippen MR) is 71.5 cm³/mol. The normalized spacial score (nSPS) is 15.0. The standard InChI is InChI=1S/C13H19BFNO3/c1-19-5-4-16(13-2-3-13)9-10-6-11(14(17)18)8-12(15)7-10/h6-8,13,17-18H,2-5,9H2,1H3. The van der Waals surface area contributed by atoms with Crippen molar-refractivity contribution in [2.24, 2.45) is 0 Å². The Kier molecular flexibility index (Phi) is 4.93. The van der Waals surface area contributed by atoms with E-state index >= 15 is 0 Å². The van der Waals surface area contributed by atoms with Crippen molar-refractivity contribution in [2.75, 3.05) is 20.3 Å². The van der Waals surface area contributed by atoms with Crippen LogP contribution in [0.5, 0.6) is 0 Å². The molecule has 1 saturated carbocycles. The van der Waals surface area contributed by atoms with Crippen LogP contribution in [0.15, 0.2) is 18.2 Å². The van der Waals surface area contributed by atoms with Crippen LogP contribution in [0.3, 0.4) is 0 Å². The van der Waals surface area contributed by atoms with E-state index < -0.39 is 12.9 Å². The van der Waals surface area contributed by atoms with E-state index in [0.29, 0.717) is 19.2 Å². The molecule has 1 fully saturated rings. The molecule has 0 unspecified atom stereocenters. The maximum atomic E-state index is 13.4. The summed E-state index contributed by atoms with van der Waals surface area (Å²) >= 11 is 0. The van der Waals surface area contributed by atoms with Gasteiger partial charge in [-0.25, -0.2) is 4.39 Å². The average Bonchev–Trinajstić information content (AvgIpc) is 3.17. The second kappa shape index (κ2) is 6.48. The lowest BCUT2D eigenvalue weighted by atomic mass is 9.79. The molecule has 0 bridgehead atoms. The second-order valence-electron chi connectivity index (χ2n) is 4.96. The third-order valence-electron chi connectivity index (χ3n) is 3.31. The summed E-state index contributed by atoms with van der Waals surface area (Å²) in [7, 11) is 0.0239. The first-order valence-electron chi connectivity index (χ1n) is 6.48. The summed E-state index contributed by atoms with van der Waals surface area (Å²) in [6, 6.07) is 4.76. The fourth-order valence-electron chi connectivity index (χ4n) is 2.19. The Morgan fingerprint density at radius 2 is 2.11 bits per heavy atom. The maximum Gasteiger partial charge on any atom is 0.488 e. The minimum atomic E-state index is -1.64. The Bertz CT molecular complexity index is 426. The molecule has 2 rings (SSSR count). The van der Waals surface area contributed by atoms with Gasteiger partial charge >= 0.3 is 7.12 Å². The smallest absolute Gasteiger partial charge is 0.423 e. The average molecular weight is 267 g/mol. The van der Waals surface area contributed by atoms with E-state index in [9.17, 15) is 4.39 Å². The molecule has 0 atom stereocenters. The zero-order valence-corrected chi connectivity index (χ0v) is 11.1. The first-order valence-corrected chi connectivity index (χ1v) is 6.48. The summed E-state index contributed by atoms with van der Waals surface area (Å²) in [5, 5.41) is 18.2. The molecule has 0 amide bonds. The van der Waals surface area contributed by atoms with Crippen LogP contribution in [0.25, 0.3) is 0 Å². The summed E-state index contributed by atoms with van der Waals surface area (Å²) < 4.78 is 18.5. The lowest BCUT2D eigenvalue weighted by Gasteiger charge is -2.22. The predicted octanol–water partition coefficient (Wildman–Crippen LogP) is 0.116. The van der Waals surface area contributed by atoms with Gasteiger partial charge in [0.1, 0.15) is 5.82 Å². The topological polar surface area (TPSA) is 52.9 Å². The SMILES string of the molecule is COCCN(Cc1cc(F)cc(B(O)O)c1)C1CC1. The molecule has 0 spiro atoms. The van der Waals surface area contributed by atoms with Crippen molar-refractivity contribution in [3.05, 3.63) is 29.6 Å². The number of rotatable bonds is 7. The molecule has 4 nitrogen and oxygen atoms in total. The van der Waals surface area contributed by atoms with E-state index in [1.807, 2.05) is 0 Å². The van der Waals surface area contributed by atoms with E-state index in [0.717, 1.165) is 31.0 Å². The molecule has 1 aromatic carbocycles. The number of hydrogen-bond acceptors (Lipinski definition) is 4. The molecule has 0 aliphatic heterocycles. The summed E-state index contributed by atoms with van der Waals surface area (Å²) in [6.07, 6.45) is 2.32. The van der Waals surface area contributed by atoms with Gasteiger partial charge in [-0.2, -0.15) is 0 Å². The molecule has 19 heavy (non-hydrogen) atoms. The molecule has 0 aromatic heterocycles. The number of halogens is 1. The van der Waals surface area contributed by atoms with Gasteiger partial charge in [-0.3, -0.25) is 4.90 Å². The zero-order chi connectivity index (χ0) is 13.8. The van der Waals surface area contributed by atoms with E-state index in [1.54, 1.807) is 13.2 Å². The molecule has 2 N–H and O–H groups in total. The fraction of sp³-hybridized carbons (Fsp3) is 0.538. The van der Waals surface area contributed by atoms with Crippen LogP contribution in [0, 0.1) is 5.82 Å². The molecule has 0 heterocycles. The van der Waals surface area contributed by atoms with Crippen LogP contribution in [0.4, 0.5) is 4.39 Å². The van der Waals surface area contributed by atoms with Crippen molar-refractivity contribution >= 4 is 12.6 Å². The number of hydrogen-bond donors (Lipinski definition) is 2. The van der Waals surface area contributed by atoms with Crippen molar-refractivity contribution in [1.82, 2.24) is 4.90 Å². The van der Waals surface area contributed by atoms with Crippen LogP contribution in [0.2, 0.25) is 0 Å². The maximum absolute atomic E-state index is 13.4. The Balaban J connectivity index is 2.07. The van der Waals surface area contributed by atoms with Gasteiger partial charge in [-0.05, 0) is 36.0 Å². The van der Waals surface area contributed by atoms with Gasteiger partial charge < -0.3 is 14.8 Å². The summed E-state index contributed by atoms with van der Waals surface area (Å²) in [6.45, 7) is 2.04. The summed E-state index contributed by atoms with van der Waals surface area (Å²) in [4.78, 5) is 2.24. The first kappa shape index (κ1) is 14.5. The largest absolute Gasteiger partial charge is 0.488 e. The minimum absolute atomic E-state index is 0.192. The molecule has 104 valence electrons. The van der Waals surface area contributed by atoms with Gasteiger partial charge in [0, 0.05) is 26.2 Å². The lowest BCUT2D eigenvalue weighted by Crippen LogP contribution is -2.32. The Labute approximate surface area is 113 Å². The van der Waals surface area contributed by atoms with Crippen LogP contribution in [-0.4, -0.2) is 48.4 Å².